The van der Waals surface area contributed by atoms with Gasteiger partial charge in [0.25, 0.3) is 0 Å². The molecule has 100 valence electrons. The van der Waals surface area contributed by atoms with Crippen LogP contribution in [-0.4, -0.2) is 26.4 Å². The van der Waals surface area contributed by atoms with Gasteiger partial charge in [-0.15, -0.1) is 4.52 Å². The maximum absolute atomic E-state index is 11.2. The van der Waals surface area contributed by atoms with Gasteiger partial charge in [0.2, 0.25) is 11.4 Å². The van der Waals surface area contributed by atoms with Crippen LogP contribution in [0.15, 0.2) is 0 Å². The fourth-order valence-electron chi connectivity index (χ4n) is 1.18. The summed E-state index contributed by atoms with van der Waals surface area (Å²) >= 11 is 5.26. The third-order valence-electron chi connectivity index (χ3n) is 1.91. The van der Waals surface area contributed by atoms with Crippen LogP contribution in [0.1, 0.15) is 26.2 Å². The van der Waals surface area contributed by atoms with Crippen LogP contribution in [0.4, 0.5) is 0 Å². The molecule has 2 atom stereocenters. The van der Waals surface area contributed by atoms with E-state index in [-0.39, 0.29) is 17.3 Å². The van der Waals surface area contributed by atoms with Crippen molar-refractivity contribution in [2.24, 2.45) is 5.73 Å². The minimum absolute atomic E-state index is 0.0145. The van der Waals surface area contributed by atoms with E-state index < -0.39 is 20.5 Å². The van der Waals surface area contributed by atoms with Crippen molar-refractivity contribution < 1.29 is 23.4 Å². The first kappa shape index (κ1) is 17.4. The zero-order valence-electron chi connectivity index (χ0n) is 9.31. The Balaban J connectivity index is 4.03. The average Bonchev–Trinajstić information content (AvgIpc) is 2.13. The minimum Gasteiger partial charge on any atom is -0.381 e. The first-order valence-corrected chi connectivity index (χ1v) is 9.59. The molecule has 0 heterocycles. The highest BCUT2D eigenvalue weighted by Gasteiger charge is 2.29. The minimum atomic E-state index is -4.11. The van der Waals surface area contributed by atoms with Crippen LogP contribution in [-0.2, 0) is 13.7 Å². The maximum atomic E-state index is 11.2. The Hall–Kier alpha value is 0.450. The van der Waals surface area contributed by atoms with Gasteiger partial charge in [-0.25, -0.2) is 0 Å². The lowest BCUT2D eigenvalue weighted by Crippen LogP contribution is -2.10. The predicted molar refractivity (Wildman–Crippen MR) is 73.3 cm³/mol. The fraction of sp³-hybridized carbons (Fsp3) is 0.857. The van der Waals surface area contributed by atoms with Crippen molar-refractivity contribution in [3.63, 3.8) is 0 Å². The molecule has 4 N–H and O–H groups in total. The molecule has 0 aliphatic heterocycles. The molecule has 0 saturated heterocycles. The van der Waals surface area contributed by atoms with Crippen LogP contribution >= 0.6 is 38.4 Å². The second kappa shape index (κ2) is 8.53. The maximum Gasteiger partial charge on any atom is 0.593 e. The van der Waals surface area contributed by atoms with Gasteiger partial charge in [0.15, 0.2) is 4.32 Å². The van der Waals surface area contributed by atoms with Gasteiger partial charge < -0.3 is 15.5 Å². The molecule has 0 aliphatic carbocycles. The van der Waals surface area contributed by atoms with E-state index in [0.29, 0.717) is 12.8 Å². The van der Waals surface area contributed by atoms with Crippen molar-refractivity contribution in [1.29, 1.82) is 0 Å². The molecule has 0 aromatic rings. The first-order chi connectivity index (χ1) is 7.77. The molecule has 17 heavy (non-hydrogen) atoms. The topological polar surface area (TPSA) is 110 Å². The normalized spacial score (nSPS) is 14.4. The quantitative estimate of drug-likeness (QED) is 0.462. The molecule has 0 aliphatic rings. The van der Waals surface area contributed by atoms with Crippen LogP contribution < -0.4 is 5.73 Å². The molecule has 6 nitrogen and oxygen atoms in total. The Bertz CT molecular complexity index is 321. The molecule has 0 amide bonds. The summed E-state index contributed by atoms with van der Waals surface area (Å²) in [5, 5.41) is 0. The van der Waals surface area contributed by atoms with Gasteiger partial charge in [-0.1, -0.05) is 13.3 Å². The molecule has 0 aromatic carbocycles. The van der Waals surface area contributed by atoms with Crippen LogP contribution in [0.5, 0.6) is 0 Å². The third kappa shape index (κ3) is 9.08. The summed E-state index contributed by atoms with van der Waals surface area (Å²) in [5.41, 5.74) is 4.40. The van der Waals surface area contributed by atoms with E-state index in [1.165, 1.54) is 0 Å². The predicted octanol–water partition coefficient (Wildman–Crippen LogP) is 2.37. The molecule has 0 aromatic heterocycles. The van der Waals surface area contributed by atoms with Crippen molar-refractivity contribution in [1.82, 2.24) is 0 Å². The number of nitrogens with two attached hydrogens (primary N) is 1. The van der Waals surface area contributed by atoms with Crippen LogP contribution in [0, 0.1) is 0 Å². The monoisotopic (exact) mass is 320 g/mol. The second-order valence-corrected chi connectivity index (χ2v) is 8.66. The molecular formula is C7H16NO5P2S2+. The summed E-state index contributed by atoms with van der Waals surface area (Å²) in [4.78, 5) is 18.1. The number of hydrogen-bond acceptors (Lipinski definition) is 5. The summed E-state index contributed by atoms with van der Waals surface area (Å²) in [5.74, 6) is 0. The van der Waals surface area contributed by atoms with Gasteiger partial charge in [0.05, 0.1) is 5.66 Å². The Morgan fingerprint density at radius 2 is 2.18 bits per heavy atom. The molecule has 0 saturated carbocycles. The lowest BCUT2D eigenvalue weighted by Gasteiger charge is -2.15. The average molecular weight is 320 g/mol. The highest BCUT2D eigenvalue weighted by Crippen LogP contribution is 2.46. The highest BCUT2D eigenvalue weighted by molar-refractivity contribution is 8.61. The molecule has 10 heteroatoms. The van der Waals surface area contributed by atoms with E-state index in [9.17, 15) is 9.13 Å². The van der Waals surface area contributed by atoms with Gasteiger partial charge in [-0.05, 0) is 29.6 Å². The third-order valence-corrected chi connectivity index (χ3v) is 6.07. The number of hydrogen-bond donors (Lipinski definition) is 3. The smallest absolute Gasteiger partial charge is 0.381 e. The van der Waals surface area contributed by atoms with Crippen molar-refractivity contribution in [3.8, 4) is 0 Å². The first-order valence-electron chi connectivity index (χ1n) is 4.90. The van der Waals surface area contributed by atoms with E-state index in [1.807, 2.05) is 6.92 Å². The van der Waals surface area contributed by atoms with Gasteiger partial charge in [-0.3, -0.25) is 4.57 Å². The molecule has 0 fully saturated rings. The molecule has 0 bridgehead atoms. The lowest BCUT2D eigenvalue weighted by molar-refractivity contribution is 0.303. The van der Waals surface area contributed by atoms with E-state index >= 15 is 0 Å². The van der Waals surface area contributed by atoms with Gasteiger partial charge in [0.1, 0.15) is 6.61 Å². The van der Waals surface area contributed by atoms with Crippen LogP contribution in [0.25, 0.3) is 0 Å². The molecule has 0 spiro atoms. The lowest BCUT2D eigenvalue weighted by atomic mass is 10.2. The van der Waals surface area contributed by atoms with Gasteiger partial charge in [-0.2, -0.15) is 0 Å². The Labute approximate surface area is 110 Å². The van der Waals surface area contributed by atoms with E-state index in [1.54, 1.807) is 0 Å². The molecule has 0 rings (SSSR count). The molecule has 0 radical (unpaired) electrons. The Kier molecular flexibility index (Phi) is 8.76. The number of thiocarbonyl (C=S) groups is 1. The van der Waals surface area contributed by atoms with E-state index in [2.05, 4.69) is 12.2 Å². The molecule has 2 unspecified atom stereocenters. The Morgan fingerprint density at radius 3 is 2.59 bits per heavy atom. The van der Waals surface area contributed by atoms with Gasteiger partial charge >= 0.3 is 14.8 Å². The standard InChI is InChI=1S/C7H15NO5P2S2/c1-2-3-6(15(10,11)12)4-5-13-14(9)17-7(8)16/h6H,2-5H2,1H3,(H3-,8,10,11,12,16)/p+1. The summed E-state index contributed by atoms with van der Waals surface area (Å²) in [6.45, 7) is 1.85. The fourth-order valence-corrected chi connectivity index (χ4v) is 4.04. The van der Waals surface area contributed by atoms with E-state index in [4.69, 9.17) is 20.0 Å². The summed E-state index contributed by atoms with van der Waals surface area (Å²) in [7, 11) is -6.16. The zero-order valence-corrected chi connectivity index (χ0v) is 12.7. The van der Waals surface area contributed by atoms with Crippen molar-refractivity contribution in [2.75, 3.05) is 6.61 Å². The summed E-state index contributed by atoms with van der Waals surface area (Å²) in [6, 6.07) is 0. The van der Waals surface area contributed by atoms with E-state index in [0.717, 1.165) is 11.4 Å². The van der Waals surface area contributed by atoms with Crippen molar-refractivity contribution in [2.45, 2.75) is 31.8 Å². The van der Waals surface area contributed by atoms with Gasteiger partial charge in [0, 0.05) is 0 Å². The highest BCUT2D eigenvalue weighted by atomic mass is 32.7. The summed E-state index contributed by atoms with van der Waals surface area (Å²) in [6.07, 6.45) is 1.24. The largest absolute Gasteiger partial charge is 0.593 e. The zero-order chi connectivity index (χ0) is 13.5. The Morgan fingerprint density at radius 1 is 1.59 bits per heavy atom. The van der Waals surface area contributed by atoms with Crippen molar-refractivity contribution >= 4 is 42.7 Å². The van der Waals surface area contributed by atoms with Crippen LogP contribution in [0.3, 0.4) is 0 Å². The number of rotatable bonds is 8. The summed E-state index contributed by atoms with van der Waals surface area (Å²) < 4.78 is 27.2. The SMILES string of the molecule is CCCC(CCO[P+](=O)SC(N)=S)P(=O)(O)O. The van der Waals surface area contributed by atoms with Crippen LogP contribution in [0.2, 0.25) is 0 Å². The second-order valence-electron chi connectivity index (χ2n) is 3.29. The van der Waals surface area contributed by atoms with Crippen molar-refractivity contribution in [3.05, 3.63) is 0 Å². The molecular weight excluding hydrogens is 304 g/mol.